The predicted octanol–water partition coefficient (Wildman–Crippen LogP) is 2.53. The van der Waals surface area contributed by atoms with Crippen LogP contribution in [0.4, 0.5) is 5.69 Å². The zero-order valence-corrected chi connectivity index (χ0v) is 18.3. The van der Waals surface area contributed by atoms with Crippen molar-refractivity contribution >= 4 is 21.6 Å². The number of anilines is 1. The van der Waals surface area contributed by atoms with Crippen LogP contribution >= 0.6 is 0 Å². The zero-order chi connectivity index (χ0) is 22.3. The number of methoxy groups -OCH3 is 2. The van der Waals surface area contributed by atoms with E-state index < -0.39 is 22.0 Å². The van der Waals surface area contributed by atoms with Crippen LogP contribution in [0.2, 0.25) is 0 Å². The van der Waals surface area contributed by atoms with Gasteiger partial charge in [-0.3, -0.25) is 4.79 Å². The maximum absolute atomic E-state index is 12.6. The smallest absolute Gasteiger partial charge is 0.253 e. The minimum absolute atomic E-state index is 0.0590. The number of carbonyl (C=O) groups excluding carboxylic acids is 1. The molecule has 3 N–H and O–H groups in total. The number of aliphatic hydroxyl groups is 1. The van der Waals surface area contributed by atoms with E-state index in [4.69, 9.17) is 9.47 Å². The van der Waals surface area contributed by atoms with Crippen molar-refractivity contribution in [1.82, 2.24) is 4.72 Å². The highest BCUT2D eigenvalue weighted by Gasteiger charge is 2.18. The van der Waals surface area contributed by atoms with Crippen molar-refractivity contribution in [1.29, 1.82) is 0 Å². The van der Waals surface area contributed by atoms with Crippen LogP contribution in [-0.2, 0) is 21.4 Å². The lowest BCUT2D eigenvalue weighted by atomic mass is 10.1. The van der Waals surface area contributed by atoms with Crippen LogP contribution in [0.25, 0.3) is 0 Å². The zero-order valence-electron chi connectivity index (χ0n) is 17.5. The molecule has 0 radical (unpaired) electrons. The van der Waals surface area contributed by atoms with Gasteiger partial charge in [-0.1, -0.05) is 19.9 Å². The van der Waals surface area contributed by atoms with E-state index in [-0.39, 0.29) is 17.4 Å². The number of benzene rings is 2. The van der Waals surface area contributed by atoms with Gasteiger partial charge in [-0.15, -0.1) is 0 Å². The molecule has 0 unspecified atom stereocenters. The van der Waals surface area contributed by atoms with E-state index in [2.05, 4.69) is 10.0 Å². The lowest BCUT2D eigenvalue weighted by Crippen LogP contribution is -2.28. The van der Waals surface area contributed by atoms with Crippen molar-refractivity contribution in [3.8, 4) is 11.5 Å². The average Bonchev–Trinajstić information content (AvgIpc) is 2.72. The second-order valence-electron chi connectivity index (χ2n) is 7.17. The average molecular weight is 437 g/mol. The number of hydrogen-bond acceptors (Lipinski definition) is 6. The van der Waals surface area contributed by atoms with Crippen molar-refractivity contribution in [2.45, 2.75) is 37.8 Å². The number of rotatable bonds is 10. The molecule has 0 saturated carbocycles. The SMILES string of the molecule is COc1ccc(CNS(=O)(=O)c2ccc(NC(=O)[C@@H](O)CC(C)C)cc2)cc1OC. The Bertz CT molecular complexity index is 958. The summed E-state index contributed by atoms with van der Waals surface area (Å²) >= 11 is 0. The van der Waals surface area contributed by atoms with Crippen LogP contribution in [0.1, 0.15) is 25.8 Å². The van der Waals surface area contributed by atoms with E-state index in [0.29, 0.717) is 29.2 Å². The molecule has 2 aromatic rings. The fourth-order valence-corrected chi connectivity index (χ4v) is 3.77. The summed E-state index contributed by atoms with van der Waals surface area (Å²) in [6.45, 7) is 3.89. The predicted molar refractivity (Wildman–Crippen MR) is 114 cm³/mol. The lowest BCUT2D eigenvalue weighted by molar-refractivity contribution is -0.124. The first kappa shape index (κ1) is 23.7. The van der Waals surface area contributed by atoms with Gasteiger partial charge in [0, 0.05) is 12.2 Å². The van der Waals surface area contributed by atoms with Gasteiger partial charge < -0.3 is 19.9 Å². The highest BCUT2D eigenvalue weighted by molar-refractivity contribution is 7.89. The number of carbonyl (C=O) groups is 1. The number of amides is 1. The highest BCUT2D eigenvalue weighted by Crippen LogP contribution is 2.27. The molecule has 0 bridgehead atoms. The number of aliphatic hydroxyl groups excluding tert-OH is 1. The molecule has 2 rings (SSSR count). The number of nitrogens with one attached hydrogen (secondary N) is 2. The third-order valence-corrected chi connectivity index (χ3v) is 5.76. The highest BCUT2D eigenvalue weighted by atomic mass is 32.2. The Labute approximate surface area is 177 Å². The Morgan fingerprint density at radius 3 is 2.23 bits per heavy atom. The summed E-state index contributed by atoms with van der Waals surface area (Å²) in [4.78, 5) is 12.0. The van der Waals surface area contributed by atoms with Gasteiger partial charge in [0.25, 0.3) is 5.91 Å². The summed E-state index contributed by atoms with van der Waals surface area (Å²) in [5.74, 6) is 0.718. The van der Waals surface area contributed by atoms with Crippen molar-refractivity contribution in [2.24, 2.45) is 5.92 Å². The molecule has 0 aliphatic carbocycles. The van der Waals surface area contributed by atoms with Crippen LogP contribution in [0.15, 0.2) is 47.4 Å². The van der Waals surface area contributed by atoms with E-state index in [1.54, 1.807) is 18.2 Å². The fraction of sp³-hybridized carbons (Fsp3) is 0.381. The van der Waals surface area contributed by atoms with Gasteiger partial charge in [-0.05, 0) is 54.3 Å². The molecule has 0 fully saturated rings. The van der Waals surface area contributed by atoms with Crippen LogP contribution in [-0.4, -0.2) is 39.8 Å². The number of hydrogen-bond donors (Lipinski definition) is 3. The van der Waals surface area contributed by atoms with Crippen molar-refractivity contribution in [3.05, 3.63) is 48.0 Å². The molecule has 164 valence electrons. The first-order valence-corrected chi connectivity index (χ1v) is 10.9. The van der Waals surface area contributed by atoms with Gasteiger partial charge in [0.1, 0.15) is 6.10 Å². The molecule has 2 aromatic carbocycles. The topological polar surface area (TPSA) is 114 Å². The summed E-state index contributed by atoms with van der Waals surface area (Å²) in [7, 11) is -0.722. The fourth-order valence-electron chi connectivity index (χ4n) is 2.75. The van der Waals surface area contributed by atoms with Gasteiger partial charge in [0.2, 0.25) is 10.0 Å². The van der Waals surface area contributed by atoms with Gasteiger partial charge in [-0.25, -0.2) is 13.1 Å². The molecule has 0 aliphatic rings. The summed E-state index contributed by atoms with van der Waals surface area (Å²) in [5, 5.41) is 12.4. The van der Waals surface area contributed by atoms with Crippen LogP contribution in [0, 0.1) is 5.92 Å². The monoisotopic (exact) mass is 436 g/mol. The molecule has 0 saturated heterocycles. The maximum Gasteiger partial charge on any atom is 0.253 e. The molecule has 9 heteroatoms. The van der Waals surface area contributed by atoms with E-state index in [1.165, 1.54) is 38.5 Å². The summed E-state index contributed by atoms with van der Waals surface area (Å²) in [6.07, 6.45) is -0.769. The standard InChI is InChI=1S/C21H28N2O6S/c1-14(2)11-18(24)21(25)23-16-6-8-17(9-7-16)30(26,27)22-13-15-5-10-19(28-3)20(12-15)29-4/h5-10,12,14,18,22,24H,11,13H2,1-4H3,(H,23,25)/t18-/m0/s1. The Hall–Kier alpha value is -2.62. The third kappa shape index (κ3) is 6.45. The van der Waals surface area contributed by atoms with Crippen LogP contribution in [0.5, 0.6) is 11.5 Å². The molecule has 8 nitrogen and oxygen atoms in total. The Morgan fingerprint density at radius 1 is 1.03 bits per heavy atom. The van der Waals surface area contributed by atoms with Gasteiger partial charge in [-0.2, -0.15) is 0 Å². The summed E-state index contributed by atoms with van der Waals surface area (Å²) in [5.41, 5.74) is 1.11. The van der Waals surface area contributed by atoms with E-state index in [1.807, 2.05) is 13.8 Å². The van der Waals surface area contributed by atoms with E-state index in [9.17, 15) is 18.3 Å². The minimum atomic E-state index is -3.76. The maximum atomic E-state index is 12.6. The third-order valence-electron chi connectivity index (χ3n) is 4.34. The summed E-state index contributed by atoms with van der Waals surface area (Å²) < 4.78 is 38.0. The Kier molecular flexibility index (Phi) is 8.22. The number of ether oxygens (including phenoxy) is 2. The molecule has 1 atom stereocenters. The molecular formula is C21H28N2O6S. The van der Waals surface area contributed by atoms with E-state index >= 15 is 0 Å². The lowest BCUT2D eigenvalue weighted by Gasteiger charge is -2.14. The van der Waals surface area contributed by atoms with Gasteiger partial charge >= 0.3 is 0 Å². The van der Waals surface area contributed by atoms with Crippen LogP contribution < -0.4 is 19.5 Å². The Balaban J connectivity index is 2.02. The summed E-state index contributed by atoms with van der Waals surface area (Å²) in [6, 6.07) is 10.9. The quantitative estimate of drug-likeness (QED) is 0.527. The first-order chi connectivity index (χ1) is 14.2. The largest absolute Gasteiger partial charge is 0.493 e. The van der Waals surface area contributed by atoms with Crippen LogP contribution in [0.3, 0.4) is 0 Å². The van der Waals surface area contributed by atoms with Crippen molar-refractivity contribution < 1.29 is 27.8 Å². The van der Waals surface area contributed by atoms with Gasteiger partial charge in [0.05, 0.1) is 19.1 Å². The second kappa shape index (κ2) is 10.4. The number of sulfonamides is 1. The van der Waals surface area contributed by atoms with Crippen molar-refractivity contribution in [3.63, 3.8) is 0 Å². The normalized spacial score (nSPS) is 12.5. The molecule has 0 aliphatic heterocycles. The Morgan fingerprint density at radius 2 is 1.67 bits per heavy atom. The molecule has 0 aromatic heterocycles. The molecule has 0 spiro atoms. The molecular weight excluding hydrogens is 408 g/mol. The molecule has 0 heterocycles. The van der Waals surface area contributed by atoms with Gasteiger partial charge in [0.15, 0.2) is 11.5 Å². The minimum Gasteiger partial charge on any atom is -0.493 e. The molecule has 1 amide bonds. The molecule has 30 heavy (non-hydrogen) atoms. The van der Waals surface area contributed by atoms with Crippen molar-refractivity contribution in [2.75, 3.05) is 19.5 Å². The van der Waals surface area contributed by atoms with E-state index in [0.717, 1.165) is 0 Å². The first-order valence-electron chi connectivity index (χ1n) is 9.46. The second-order valence-corrected chi connectivity index (χ2v) is 8.94.